The van der Waals surface area contributed by atoms with E-state index in [4.69, 9.17) is 30.2 Å². The molecule has 56 heavy (non-hydrogen) atoms. The second-order valence-electron chi connectivity index (χ2n) is 14.3. The van der Waals surface area contributed by atoms with E-state index in [0.717, 1.165) is 103 Å². The molecular formula is C47H60N4O5. The minimum Gasteiger partial charge on any atom is -0.508 e. The van der Waals surface area contributed by atoms with Gasteiger partial charge in [-0.25, -0.2) is 20.0 Å². The molecule has 9 nitrogen and oxygen atoms in total. The van der Waals surface area contributed by atoms with Gasteiger partial charge in [0.2, 0.25) is 0 Å². The summed E-state index contributed by atoms with van der Waals surface area (Å²) < 4.78 is 0. The monoisotopic (exact) mass is 760 g/mol. The van der Waals surface area contributed by atoms with Crippen molar-refractivity contribution in [2.24, 2.45) is 20.0 Å². The molecule has 0 aromatic rings. The number of aliphatic carboxylic acids is 2. The van der Waals surface area contributed by atoms with Crippen LogP contribution in [0.5, 0.6) is 0 Å². The molecule has 5 heterocycles. The fourth-order valence-electron chi connectivity index (χ4n) is 6.35. The van der Waals surface area contributed by atoms with Crippen LogP contribution in [0.1, 0.15) is 127 Å². The maximum Gasteiger partial charge on any atom is 0.303 e. The Morgan fingerprint density at radius 2 is 1.18 bits per heavy atom. The first kappa shape index (κ1) is 45.0. The molecule has 8 bridgehead atoms. The Hall–Kier alpha value is -5.44. The Morgan fingerprint density at radius 1 is 0.625 bits per heavy atom. The standard InChI is InChI=1S/C41H48N4O.2C3H6O2/c1-9-10-11-12-13-14-15-16-17-38(46)27(4)25(2)28(5)39-30(7)41-31(8)40-29(6)26(3)36(44-40)23-34-20-18-32(42-34)22-33-19-21-35(43-33)24-37(39)45-41;2*1-2-3(4)5/h16-24,46H,9-15H2,1-8H3;2*2H2,1H3,(H,4,5). The summed E-state index contributed by atoms with van der Waals surface area (Å²) in [6.45, 7) is 20.2. The zero-order valence-electron chi connectivity index (χ0n) is 35.0. The Balaban J connectivity index is 0.000000748. The third-order valence-electron chi connectivity index (χ3n) is 10.2. The summed E-state index contributed by atoms with van der Waals surface area (Å²) in [5, 5.41) is 26.5. The van der Waals surface area contributed by atoms with Gasteiger partial charge in [0.15, 0.2) is 0 Å². The molecule has 5 aliphatic heterocycles. The molecule has 0 amide bonds. The van der Waals surface area contributed by atoms with Crippen LogP contribution in [0.4, 0.5) is 0 Å². The second-order valence-corrected chi connectivity index (χ2v) is 14.3. The summed E-state index contributed by atoms with van der Waals surface area (Å²) in [5.74, 6) is -1.17. The van der Waals surface area contributed by atoms with Crippen LogP contribution in [-0.2, 0) is 9.59 Å². The molecule has 0 spiro atoms. The van der Waals surface area contributed by atoms with Crippen molar-refractivity contribution >= 4 is 34.8 Å². The molecule has 5 aliphatic rings. The van der Waals surface area contributed by atoms with Crippen molar-refractivity contribution in [3.63, 3.8) is 0 Å². The summed E-state index contributed by atoms with van der Waals surface area (Å²) in [7, 11) is 0. The fraction of sp³-hybridized carbons (Fsp3) is 0.404. The van der Waals surface area contributed by atoms with Crippen molar-refractivity contribution in [2.45, 2.75) is 127 Å². The van der Waals surface area contributed by atoms with E-state index in [2.05, 4.69) is 66.7 Å². The lowest BCUT2D eigenvalue weighted by Gasteiger charge is -2.13. The molecule has 3 N–H and O–H groups in total. The van der Waals surface area contributed by atoms with E-state index in [1.165, 1.54) is 32.1 Å². The van der Waals surface area contributed by atoms with Gasteiger partial charge in [-0.15, -0.1) is 0 Å². The van der Waals surface area contributed by atoms with E-state index >= 15 is 0 Å². The maximum absolute atomic E-state index is 11.0. The summed E-state index contributed by atoms with van der Waals surface area (Å²) in [4.78, 5) is 38.7. The van der Waals surface area contributed by atoms with Gasteiger partial charge in [-0.3, -0.25) is 9.59 Å². The summed E-state index contributed by atoms with van der Waals surface area (Å²) in [5.41, 5.74) is 15.7. The molecule has 0 atom stereocenters. The van der Waals surface area contributed by atoms with Gasteiger partial charge in [0.05, 0.1) is 45.6 Å². The SMILES string of the molecule is CCC(=O)O.CCC(=O)O.CCCCCCCCC=CC(O)=C(C)C(C)=C(C)C1=C(C)C2=C(C)C3=NC(=CC4=NC(=CC5=NC(=CC1=N2)C=C5)C=C4)C(C)=C3C. The number of carbonyl (C=O) groups is 2. The number of aliphatic hydroxyl groups excluding tert-OH is 1. The smallest absolute Gasteiger partial charge is 0.303 e. The average molecular weight is 761 g/mol. The highest BCUT2D eigenvalue weighted by Gasteiger charge is 2.28. The van der Waals surface area contributed by atoms with Crippen molar-refractivity contribution in [2.75, 3.05) is 0 Å². The van der Waals surface area contributed by atoms with E-state index < -0.39 is 11.9 Å². The normalized spacial score (nSPS) is 17.9. The molecule has 0 aromatic heterocycles. The van der Waals surface area contributed by atoms with Crippen molar-refractivity contribution in [1.29, 1.82) is 0 Å². The number of rotatable bonds is 12. The van der Waals surface area contributed by atoms with E-state index in [1.54, 1.807) is 13.8 Å². The highest BCUT2D eigenvalue weighted by molar-refractivity contribution is 6.20. The van der Waals surface area contributed by atoms with Crippen LogP contribution in [0.3, 0.4) is 0 Å². The molecule has 0 saturated heterocycles. The molecule has 0 fully saturated rings. The molecular weight excluding hydrogens is 701 g/mol. The van der Waals surface area contributed by atoms with Crippen molar-refractivity contribution in [1.82, 2.24) is 0 Å². The molecule has 0 aromatic carbocycles. The number of nitrogens with zero attached hydrogens (tertiary/aromatic N) is 4. The van der Waals surface area contributed by atoms with Gasteiger partial charge >= 0.3 is 11.9 Å². The molecule has 9 heteroatoms. The number of aliphatic imine (C=N–C) groups is 4. The maximum atomic E-state index is 11.0. The van der Waals surface area contributed by atoms with Gasteiger partial charge in [0.1, 0.15) is 5.76 Å². The third-order valence-corrected chi connectivity index (χ3v) is 10.2. The highest BCUT2D eigenvalue weighted by Crippen LogP contribution is 2.38. The van der Waals surface area contributed by atoms with Gasteiger partial charge in [-0.1, -0.05) is 59.0 Å². The molecule has 0 saturated carbocycles. The predicted octanol–water partition coefficient (Wildman–Crippen LogP) is 11.9. The highest BCUT2D eigenvalue weighted by atomic mass is 16.4. The third kappa shape index (κ3) is 12.3. The lowest BCUT2D eigenvalue weighted by atomic mass is 9.90. The first-order valence-electron chi connectivity index (χ1n) is 19.8. The van der Waals surface area contributed by atoms with E-state index in [0.29, 0.717) is 5.76 Å². The number of carboxylic acid groups (broad SMARTS) is 2. The van der Waals surface area contributed by atoms with Crippen LogP contribution in [-0.4, -0.2) is 50.1 Å². The number of hydrogen-bond donors (Lipinski definition) is 3. The Kier molecular flexibility index (Phi) is 17.3. The topological polar surface area (TPSA) is 144 Å². The number of aliphatic hydroxyl groups is 1. The van der Waals surface area contributed by atoms with E-state index in [-0.39, 0.29) is 12.8 Å². The van der Waals surface area contributed by atoms with Gasteiger partial charge in [0.25, 0.3) is 0 Å². The number of hydrogen-bond acceptors (Lipinski definition) is 7. The van der Waals surface area contributed by atoms with Crippen molar-refractivity contribution < 1.29 is 24.9 Å². The predicted molar refractivity (Wildman–Crippen MR) is 233 cm³/mol. The average Bonchev–Trinajstić information content (AvgIpc) is 3.96. The minimum absolute atomic E-state index is 0.222. The molecule has 298 valence electrons. The quantitative estimate of drug-likeness (QED) is 0.103. The summed E-state index contributed by atoms with van der Waals surface area (Å²) >= 11 is 0. The van der Waals surface area contributed by atoms with Crippen LogP contribution in [0, 0.1) is 0 Å². The van der Waals surface area contributed by atoms with Crippen LogP contribution in [0.15, 0.2) is 148 Å². The minimum atomic E-state index is -0.745. The molecule has 0 radical (unpaired) electrons. The van der Waals surface area contributed by atoms with Crippen molar-refractivity contribution in [3.8, 4) is 0 Å². The first-order valence-corrected chi connectivity index (χ1v) is 19.8. The van der Waals surface area contributed by atoms with Crippen LogP contribution in [0.2, 0.25) is 0 Å². The number of allylic oxidation sites excluding steroid dienone is 17. The zero-order chi connectivity index (χ0) is 41.5. The zero-order valence-corrected chi connectivity index (χ0v) is 35.0. The van der Waals surface area contributed by atoms with Gasteiger partial charge < -0.3 is 15.3 Å². The van der Waals surface area contributed by atoms with Crippen LogP contribution < -0.4 is 0 Å². The largest absolute Gasteiger partial charge is 0.508 e. The Morgan fingerprint density at radius 3 is 1.77 bits per heavy atom. The van der Waals surface area contributed by atoms with Gasteiger partial charge in [0, 0.05) is 24.0 Å². The van der Waals surface area contributed by atoms with Crippen LogP contribution in [0.25, 0.3) is 0 Å². The molecule has 5 rings (SSSR count). The number of carboxylic acids is 2. The second kappa shape index (κ2) is 21.6. The lowest BCUT2D eigenvalue weighted by molar-refractivity contribution is -0.137. The first-order chi connectivity index (χ1) is 26.6. The van der Waals surface area contributed by atoms with E-state index in [1.807, 2.05) is 43.4 Å². The van der Waals surface area contributed by atoms with Gasteiger partial charge in [-0.05, 0) is 143 Å². The Labute approximate surface area is 333 Å². The van der Waals surface area contributed by atoms with Gasteiger partial charge in [-0.2, -0.15) is 0 Å². The number of unbranched alkanes of at least 4 members (excludes halogenated alkanes) is 6. The van der Waals surface area contributed by atoms with Crippen LogP contribution >= 0.6 is 0 Å². The van der Waals surface area contributed by atoms with E-state index in [9.17, 15) is 14.7 Å². The summed E-state index contributed by atoms with van der Waals surface area (Å²) in [6, 6.07) is 0. The summed E-state index contributed by atoms with van der Waals surface area (Å²) in [6.07, 6.45) is 27.2. The fourth-order valence-corrected chi connectivity index (χ4v) is 6.35. The Bertz CT molecular complexity index is 2050. The van der Waals surface area contributed by atoms with Crippen molar-refractivity contribution in [3.05, 3.63) is 128 Å². The number of fused-ring (bicyclic) bond motifs is 4. The lowest BCUT2D eigenvalue weighted by Crippen LogP contribution is -2.04. The molecule has 0 unspecified atom stereocenters. The molecule has 0 aliphatic carbocycles.